The van der Waals surface area contributed by atoms with Crippen LogP contribution in [0.15, 0.2) is 85.1 Å². The number of aromatic nitrogens is 2. The predicted molar refractivity (Wildman–Crippen MR) is 151 cm³/mol. The lowest BCUT2D eigenvalue weighted by atomic mass is 9.68. The summed E-state index contributed by atoms with van der Waals surface area (Å²) in [5.41, 5.74) is 4.71. The van der Waals surface area contributed by atoms with Crippen molar-refractivity contribution in [3.63, 3.8) is 0 Å². The molecule has 1 aliphatic rings. The molecule has 0 bridgehead atoms. The first-order valence-corrected chi connectivity index (χ1v) is 12.8. The Labute approximate surface area is 232 Å². The molecule has 0 atom stereocenters. The molecule has 1 aromatic heterocycles. The van der Waals surface area contributed by atoms with Crippen LogP contribution in [0.2, 0.25) is 5.02 Å². The van der Waals surface area contributed by atoms with E-state index in [1.54, 1.807) is 37.6 Å². The van der Waals surface area contributed by atoms with E-state index < -0.39 is 0 Å². The Morgan fingerprint density at radius 2 is 1.56 bits per heavy atom. The van der Waals surface area contributed by atoms with E-state index in [4.69, 9.17) is 26.2 Å². The highest BCUT2D eigenvalue weighted by Crippen LogP contribution is 2.41. The minimum absolute atomic E-state index is 0.0580. The van der Waals surface area contributed by atoms with Gasteiger partial charge < -0.3 is 15.2 Å². The molecule has 3 N–H and O–H groups in total. The second-order valence-electron chi connectivity index (χ2n) is 8.97. The topological polar surface area (TPSA) is 113 Å². The van der Waals surface area contributed by atoms with E-state index in [-0.39, 0.29) is 23.7 Å². The second-order valence-corrected chi connectivity index (χ2v) is 9.41. The van der Waals surface area contributed by atoms with Gasteiger partial charge in [0.05, 0.1) is 12.8 Å². The molecule has 200 valence electrons. The Balaban J connectivity index is 0.00000112. The lowest BCUT2D eigenvalue weighted by Gasteiger charge is -2.39. The normalized spacial score (nSPS) is 13.9. The van der Waals surface area contributed by atoms with Crippen molar-refractivity contribution in [1.82, 2.24) is 15.3 Å². The fourth-order valence-corrected chi connectivity index (χ4v) is 4.95. The van der Waals surface area contributed by atoms with Gasteiger partial charge >= 0.3 is 0 Å². The van der Waals surface area contributed by atoms with Crippen LogP contribution in [0.3, 0.4) is 0 Å². The van der Waals surface area contributed by atoms with Crippen molar-refractivity contribution in [3.05, 3.63) is 107 Å². The van der Waals surface area contributed by atoms with Crippen molar-refractivity contribution in [1.29, 1.82) is 0 Å². The quantitative estimate of drug-likeness (QED) is 0.277. The zero-order chi connectivity index (χ0) is 27.7. The highest BCUT2D eigenvalue weighted by Gasteiger charge is 2.35. The van der Waals surface area contributed by atoms with Gasteiger partial charge in [-0.2, -0.15) is 0 Å². The maximum atomic E-state index is 12.6. The van der Waals surface area contributed by atoms with Crippen LogP contribution < -0.4 is 15.4 Å². The SMILES string of the molecule is COc1ccc(C(=O)Nc2nccc(-c3ccc(C4(c5ccc(Cl)cc5)CCNCC4)cc3)n2)cc1.O=CO. The summed E-state index contributed by atoms with van der Waals surface area (Å²) in [5, 5.41) is 13.9. The van der Waals surface area contributed by atoms with E-state index >= 15 is 0 Å². The first-order valence-electron chi connectivity index (χ1n) is 12.4. The van der Waals surface area contributed by atoms with E-state index in [0.29, 0.717) is 11.3 Å². The summed E-state index contributed by atoms with van der Waals surface area (Å²) in [6, 6.07) is 25.5. The summed E-state index contributed by atoms with van der Waals surface area (Å²) in [6.07, 6.45) is 3.69. The molecule has 0 unspecified atom stereocenters. The maximum absolute atomic E-state index is 12.6. The molecule has 0 saturated carbocycles. The molecule has 1 saturated heterocycles. The van der Waals surface area contributed by atoms with Crippen LogP contribution in [-0.4, -0.2) is 47.7 Å². The molecule has 8 nitrogen and oxygen atoms in total. The maximum Gasteiger partial charge on any atom is 0.290 e. The number of piperidine rings is 1. The molecule has 39 heavy (non-hydrogen) atoms. The molecule has 1 amide bonds. The molecule has 2 heterocycles. The highest BCUT2D eigenvalue weighted by atomic mass is 35.5. The minimum Gasteiger partial charge on any atom is -0.497 e. The summed E-state index contributed by atoms with van der Waals surface area (Å²) in [7, 11) is 1.59. The fourth-order valence-electron chi connectivity index (χ4n) is 4.82. The molecule has 1 aliphatic heterocycles. The summed E-state index contributed by atoms with van der Waals surface area (Å²) < 4.78 is 5.15. The number of carboxylic acid groups (broad SMARTS) is 1. The van der Waals surface area contributed by atoms with Crippen molar-refractivity contribution in [2.45, 2.75) is 18.3 Å². The van der Waals surface area contributed by atoms with Gasteiger partial charge in [-0.1, -0.05) is 48.0 Å². The number of halogens is 1. The van der Waals surface area contributed by atoms with Gasteiger partial charge in [0.25, 0.3) is 12.4 Å². The number of ether oxygens (including phenoxy) is 1. The number of carbonyl (C=O) groups is 2. The van der Waals surface area contributed by atoms with Crippen molar-refractivity contribution < 1.29 is 19.4 Å². The molecule has 0 aliphatic carbocycles. The zero-order valence-electron chi connectivity index (χ0n) is 21.4. The minimum atomic E-state index is -0.277. The molecular formula is C30H29ClN4O4. The lowest BCUT2D eigenvalue weighted by Crippen LogP contribution is -2.40. The van der Waals surface area contributed by atoms with Crippen molar-refractivity contribution in [2.75, 3.05) is 25.5 Å². The first kappa shape index (κ1) is 27.8. The predicted octanol–water partition coefficient (Wildman–Crippen LogP) is 5.43. The van der Waals surface area contributed by atoms with Crippen LogP contribution in [0, 0.1) is 0 Å². The van der Waals surface area contributed by atoms with E-state index in [2.05, 4.69) is 57.0 Å². The third kappa shape index (κ3) is 6.60. The average molecular weight is 545 g/mol. The van der Waals surface area contributed by atoms with Crippen LogP contribution >= 0.6 is 11.6 Å². The number of benzene rings is 3. The summed E-state index contributed by atoms with van der Waals surface area (Å²) >= 11 is 6.17. The van der Waals surface area contributed by atoms with Gasteiger partial charge in [0.2, 0.25) is 5.95 Å². The number of carbonyl (C=O) groups excluding carboxylic acids is 1. The standard InChI is InChI=1S/C29H27ClN4O2.CH2O2/c1-36-25-12-4-21(5-13-25)27(35)34-28-32-17-14-26(33-28)20-2-6-22(7-3-20)29(15-18-31-19-16-29)23-8-10-24(30)11-9-23;2-1-3/h2-14,17,31H,15-16,18-19H2,1H3,(H,32,33,34,35);1H,(H,2,3). The lowest BCUT2D eigenvalue weighted by molar-refractivity contribution is -0.122. The van der Waals surface area contributed by atoms with Gasteiger partial charge in [-0.15, -0.1) is 0 Å². The van der Waals surface area contributed by atoms with Crippen LogP contribution in [0.25, 0.3) is 11.3 Å². The van der Waals surface area contributed by atoms with Gasteiger partial charge in [-0.25, -0.2) is 9.97 Å². The summed E-state index contributed by atoms with van der Waals surface area (Å²) in [4.78, 5) is 29.8. The average Bonchev–Trinajstić information content (AvgIpc) is 2.98. The summed E-state index contributed by atoms with van der Waals surface area (Å²) in [5.74, 6) is 0.671. The van der Waals surface area contributed by atoms with Crippen molar-refractivity contribution >= 4 is 29.9 Å². The largest absolute Gasteiger partial charge is 0.497 e. The van der Waals surface area contributed by atoms with Crippen molar-refractivity contribution in [2.24, 2.45) is 0 Å². The van der Waals surface area contributed by atoms with Crippen molar-refractivity contribution in [3.8, 4) is 17.0 Å². The van der Waals surface area contributed by atoms with Crippen LogP contribution in [0.5, 0.6) is 5.75 Å². The third-order valence-corrected chi connectivity index (χ3v) is 7.07. The number of amides is 1. The molecule has 4 aromatic rings. The van der Waals surface area contributed by atoms with E-state index in [1.165, 1.54) is 11.1 Å². The van der Waals surface area contributed by atoms with Gasteiger partial charge in [0.1, 0.15) is 5.75 Å². The van der Waals surface area contributed by atoms with Gasteiger partial charge in [0, 0.05) is 27.8 Å². The van der Waals surface area contributed by atoms with Gasteiger partial charge in [-0.05, 0) is 79.5 Å². The Hall–Kier alpha value is -4.27. The molecule has 9 heteroatoms. The molecular weight excluding hydrogens is 516 g/mol. The van der Waals surface area contributed by atoms with Crippen LogP contribution in [0.4, 0.5) is 5.95 Å². The Morgan fingerprint density at radius 1 is 0.974 bits per heavy atom. The third-order valence-electron chi connectivity index (χ3n) is 6.82. The molecule has 3 aromatic carbocycles. The number of rotatable bonds is 6. The monoisotopic (exact) mass is 544 g/mol. The molecule has 5 rings (SSSR count). The van der Waals surface area contributed by atoms with Gasteiger partial charge in [-0.3, -0.25) is 14.9 Å². The number of nitrogens with zero attached hydrogens (tertiary/aromatic N) is 2. The number of nitrogens with one attached hydrogen (secondary N) is 2. The van der Waals surface area contributed by atoms with Crippen LogP contribution in [0.1, 0.15) is 34.3 Å². The Kier molecular flexibility index (Phi) is 9.25. The molecule has 0 spiro atoms. The first-order chi connectivity index (χ1) is 19.0. The number of methoxy groups -OCH3 is 1. The Morgan fingerprint density at radius 3 is 2.15 bits per heavy atom. The number of hydrogen-bond donors (Lipinski definition) is 3. The smallest absolute Gasteiger partial charge is 0.290 e. The van der Waals surface area contributed by atoms with E-state index in [1.807, 2.05) is 18.2 Å². The molecule has 0 radical (unpaired) electrons. The van der Waals surface area contributed by atoms with Crippen LogP contribution in [-0.2, 0) is 10.2 Å². The van der Waals surface area contributed by atoms with E-state index in [0.717, 1.165) is 42.2 Å². The summed E-state index contributed by atoms with van der Waals surface area (Å²) in [6.45, 7) is 1.68. The number of hydrogen-bond acceptors (Lipinski definition) is 6. The molecule has 1 fully saturated rings. The zero-order valence-corrected chi connectivity index (χ0v) is 22.2. The van der Waals surface area contributed by atoms with Gasteiger partial charge in [0.15, 0.2) is 0 Å². The second kappa shape index (κ2) is 13.0. The Bertz CT molecular complexity index is 1390. The van der Waals surface area contributed by atoms with E-state index in [9.17, 15) is 4.79 Å². The highest BCUT2D eigenvalue weighted by molar-refractivity contribution is 6.30. The fraction of sp³-hybridized carbons (Fsp3) is 0.200. The number of anilines is 1.